The minimum Gasteiger partial charge on any atom is -0.495 e. The fraction of sp³-hybridized carbons (Fsp3) is 0.333. The van der Waals surface area contributed by atoms with Gasteiger partial charge in [0.2, 0.25) is 15.9 Å². The molecule has 37 heavy (non-hydrogen) atoms. The largest absolute Gasteiger partial charge is 0.495 e. The number of halogens is 1. The molecule has 0 spiro atoms. The third-order valence-corrected chi connectivity index (χ3v) is 8.71. The van der Waals surface area contributed by atoms with Crippen LogP contribution in [0.5, 0.6) is 5.75 Å². The fourth-order valence-corrected chi connectivity index (χ4v) is 6.37. The van der Waals surface area contributed by atoms with Gasteiger partial charge in [-0.3, -0.25) is 4.79 Å². The topological polar surface area (TPSA) is 102 Å². The number of carbonyl (C=O) groups excluding carboxylic acids is 1. The molecule has 2 heterocycles. The first-order chi connectivity index (χ1) is 17.6. The van der Waals surface area contributed by atoms with Crippen LogP contribution in [0.4, 0.5) is 5.69 Å². The van der Waals surface area contributed by atoms with Gasteiger partial charge in [0.1, 0.15) is 11.4 Å². The molecule has 0 aliphatic carbocycles. The number of piperidine rings is 1. The lowest BCUT2D eigenvalue weighted by Gasteiger charge is -2.31. The van der Waals surface area contributed by atoms with E-state index in [0.717, 1.165) is 16.7 Å². The Bertz CT molecular complexity index is 1450. The molecule has 0 bridgehead atoms. The molecule has 0 unspecified atom stereocenters. The van der Waals surface area contributed by atoms with Gasteiger partial charge in [-0.1, -0.05) is 46.6 Å². The monoisotopic (exact) mass is 543 g/mol. The summed E-state index contributed by atoms with van der Waals surface area (Å²) in [5.74, 6) is -0.203. The SMILES string of the molecule is COc1ccc(Cl)cc1NC(=O)[C@H]1CCCN(S(=O)(=O)c2c(C)noc2/C=C/c2cc(C)ccc2C)C1. The maximum absolute atomic E-state index is 13.7. The normalized spacial score (nSPS) is 16.7. The molecule has 1 atom stereocenters. The zero-order valence-corrected chi connectivity index (χ0v) is 22.8. The van der Waals surface area contributed by atoms with Crippen LogP contribution in [0.25, 0.3) is 12.2 Å². The Morgan fingerprint density at radius 3 is 2.73 bits per heavy atom. The molecule has 1 aliphatic heterocycles. The van der Waals surface area contributed by atoms with Gasteiger partial charge < -0.3 is 14.6 Å². The molecule has 3 aromatic rings. The van der Waals surface area contributed by atoms with Crippen molar-refractivity contribution in [1.29, 1.82) is 0 Å². The molecule has 1 fully saturated rings. The highest BCUT2D eigenvalue weighted by Gasteiger charge is 2.37. The summed E-state index contributed by atoms with van der Waals surface area (Å²) >= 11 is 6.08. The van der Waals surface area contributed by atoms with Gasteiger partial charge in [0.05, 0.1) is 18.7 Å². The van der Waals surface area contributed by atoms with E-state index in [0.29, 0.717) is 35.8 Å². The van der Waals surface area contributed by atoms with Crippen LogP contribution in [-0.2, 0) is 14.8 Å². The second kappa shape index (κ2) is 11.1. The number of ether oxygens (including phenoxy) is 1. The second-order valence-electron chi connectivity index (χ2n) is 9.19. The van der Waals surface area contributed by atoms with Gasteiger partial charge in [0, 0.05) is 18.1 Å². The minimum absolute atomic E-state index is 0.0200. The van der Waals surface area contributed by atoms with Crippen LogP contribution in [-0.4, -0.2) is 44.0 Å². The van der Waals surface area contributed by atoms with Crippen molar-refractivity contribution in [2.75, 3.05) is 25.5 Å². The highest BCUT2D eigenvalue weighted by atomic mass is 35.5. The van der Waals surface area contributed by atoms with Crippen molar-refractivity contribution in [2.45, 2.75) is 38.5 Å². The van der Waals surface area contributed by atoms with E-state index in [4.69, 9.17) is 20.9 Å². The van der Waals surface area contributed by atoms with Crippen LogP contribution in [0.1, 0.15) is 41.0 Å². The van der Waals surface area contributed by atoms with E-state index >= 15 is 0 Å². The van der Waals surface area contributed by atoms with Crippen molar-refractivity contribution < 1.29 is 22.5 Å². The minimum atomic E-state index is -3.96. The van der Waals surface area contributed by atoms with E-state index in [1.807, 2.05) is 38.1 Å². The molecule has 1 aromatic heterocycles. The third kappa shape index (κ3) is 5.89. The van der Waals surface area contributed by atoms with Crippen molar-refractivity contribution >= 4 is 45.4 Å². The first-order valence-electron chi connectivity index (χ1n) is 12.0. The number of rotatable bonds is 7. The highest BCUT2D eigenvalue weighted by molar-refractivity contribution is 7.89. The summed E-state index contributed by atoms with van der Waals surface area (Å²) in [6.07, 6.45) is 4.56. The molecule has 2 aromatic carbocycles. The molecule has 8 nitrogen and oxygen atoms in total. The number of sulfonamides is 1. The zero-order valence-electron chi connectivity index (χ0n) is 21.2. The van der Waals surface area contributed by atoms with Gasteiger partial charge in [-0.2, -0.15) is 4.31 Å². The quantitative estimate of drug-likeness (QED) is 0.424. The smallest absolute Gasteiger partial charge is 0.248 e. The molecule has 1 N–H and O–H groups in total. The predicted molar refractivity (Wildman–Crippen MR) is 144 cm³/mol. The lowest BCUT2D eigenvalue weighted by molar-refractivity contribution is -0.120. The summed E-state index contributed by atoms with van der Waals surface area (Å²) in [6, 6.07) is 11.0. The van der Waals surface area contributed by atoms with E-state index in [1.165, 1.54) is 11.4 Å². The molecule has 1 aliphatic rings. The Balaban J connectivity index is 1.56. The number of methoxy groups -OCH3 is 1. The van der Waals surface area contributed by atoms with Gasteiger partial charge in [0.15, 0.2) is 10.7 Å². The average molecular weight is 544 g/mol. The molecular weight excluding hydrogens is 514 g/mol. The number of nitrogens with zero attached hydrogens (tertiary/aromatic N) is 2. The Morgan fingerprint density at radius 2 is 1.97 bits per heavy atom. The Kier molecular flexibility index (Phi) is 8.06. The molecule has 1 saturated heterocycles. The van der Waals surface area contributed by atoms with E-state index in [2.05, 4.69) is 10.5 Å². The van der Waals surface area contributed by atoms with Gasteiger partial charge in [0.25, 0.3) is 0 Å². The Labute approximate surface area is 222 Å². The van der Waals surface area contributed by atoms with Crippen molar-refractivity contribution in [1.82, 2.24) is 9.46 Å². The van der Waals surface area contributed by atoms with Gasteiger partial charge >= 0.3 is 0 Å². The summed E-state index contributed by atoms with van der Waals surface area (Å²) in [5.41, 5.74) is 3.83. The maximum Gasteiger partial charge on any atom is 0.248 e. The van der Waals surface area contributed by atoms with Crippen LogP contribution in [0.3, 0.4) is 0 Å². The summed E-state index contributed by atoms with van der Waals surface area (Å²) in [5, 5.41) is 7.22. The predicted octanol–water partition coefficient (Wildman–Crippen LogP) is 5.47. The molecular formula is C27H30ClN3O5S. The number of aromatic nitrogens is 1. The summed E-state index contributed by atoms with van der Waals surface area (Å²) in [7, 11) is -2.46. The van der Waals surface area contributed by atoms with Crippen molar-refractivity contribution in [3.63, 3.8) is 0 Å². The van der Waals surface area contributed by atoms with Gasteiger partial charge in [-0.15, -0.1) is 0 Å². The maximum atomic E-state index is 13.7. The number of anilines is 1. The lowest BCUT2D eigenvalue weighted by atomic mass is 9.98. The van der Waals surface area contributed by atoms with Crippen LogP contribution in [0.2, 0.25) is 5.02 Å². The van der Waals surface area contributed by atoms with Crippen molar-refractivity contribution in [3.8, 4) is 5.75 Å². The fourth-order valence-electron chi connectivity index (χ4n) is 4.42. The number of nitrogens with one attached hydrogen (secondary N) is 1. The summed E-state index contributed by atoms with van der Waals surface area (Å²) in [4.78, 5) is 13.1. The van der Waals surface area contributed by atoms with Gasteiger partial charge in [-0.05, 0) is 69.0 Å². The number of hydrogen-bond acceptors (Lipinski definition) is 6. The Hall–Kier alpha value is -3.14. The number of amides is 1. The van der Waals surface area contributed by atoms with Crippen LogP contribution in [0.15, 0.2) is 45.8 Å². The zero-order chi connectivity index (χ0) is 26.7. The summed E-state index contributed by atoms with van der Waals surface area (Å²) in [6.45, 7) is 5.93. The van der Waals surface area contributed by atoms with Crippen LogP contribution < -0.4 is 10.1 Å². The number of carbonyl (C=O) groups is 1. The van der Waals surface area contributed by atoms with Crippen LogP contribution >= 0.6 is 11.6 Å². The molecule has 0 saturated carbocycles. The second-order valence-corrected chi connectivity index (χ2v) is 11.5. The Morgan fingerprint density at radius 1 is 1.19 bits per heavy atom. The third-order valence-electron chi connectivity index (χ3n) is 6.45. The van der Waals surface area contributed by atoms with Crippen molar-refractivity contribution in [2.24, 2.45) is 5.92 Å². The molecule has 0 radical (unpaired) electrons. The number of benzene rings is 2. The highest BCUT2D eigenvalue weighted by Crippen LogP contribution is 2.32. The standard InChI is InChI=1S/C27H30ClN3O5S/c1-17-7-8-18(2)20(14-17)9-11-25-26(19(3)30-36-25)37(33,34)31-13-5-6-21(16-31)27(32)29-23-15-22(28)10-12-24(23)35-4/h7-12,14-15,21H,5-6,13,16H2,1-4H3,(H,29,32)/b11-9+/t21-/m0/s1. The molecule has 1 amide bonds. The van der Waals surface area contributed by atoms with E-state index < -0.39 is 15.9 Å². The number of aryl methyl sites for hydroxylation is 3. The molecule has 4 rings (SSSR count). The first-order valence-corrected chi connectivity index (χ1v) is 13.8. The molecule has 10 heteroatoms. The average Bonchev–Trinajstić information content (AvgIpc) is 3.25. The van der Waals surface area contributed by atoms with E-state index in [1.54, 1.807) is 31.2 Å². The van der Waals surface area contributed by atoms with E-state index in [-0.39, 0.29) is 28.8 Å². The lowest BCUT2D eigenvalue weighted by Crippen LogP contribution is -2.43. The van der Waals surface area contributed by atoms with E-state index in [9.17, 15) is 13.2 Å². The summed E-state index contributed by atoms with van der Waals surface area (Å²) < 4.78 is 39.5. The van der Waals surface area contributed by atoms with Crippen molar-refractivity contribution in [3.05, 3.63) is 69.6 Å². The van der Waals surface area contributed by atoms with Crippen LogP contribution in [0, 0.1) is 26.7 Å². The number of hydrogen-bond donors (Lipinski definition) is 1. The molecule has 196 valence electrons. The van der Waals surface area contributed by atoms with Gasteiger partial charge in [-0.25, -0.2) is 8.42 Å². The first kappa shape index (κ1) is 26.9.